The number of likely N-dealkylation sites (N-methyl/N-ethyl adjacent to an activating group) is 1. The van der Waals surface area contributed by atoms with Crippen molar-refractivity contribution >= 4 is 17.9 Å². The number of hydrogen-bond acceptors (Lipinski definition) is 8. The summed E-state index contributed by atoms with van der Waals surface area (Å²) in [5.74, 6) is -2.25. The summed E-state index contributed by atoms with van der Waals surface area (Å²) < 4.78 is 22.8. The smallest absolute Gasteiger partial charge is 0.306 e. The number of esters is 2. The molecule has 0 aliphatic rings. The first-order chi connectivity index (χ1) is 41.6. The Bertz CT molecular complexity index is 1440. The highest BCUT2D eigenvalue weighted by Crippen LogP contribution is 2.19. The van der Waals surface area contributed by atoms with Crippen molar-refractivity contribution in [3.63, 3.8) is 0 Å². The maximum Gasteiger partial charge on any atom is 0.306 e. The lowest BCUT2D eigenvalue weighted by atomic mass is 10.0. The summed E-state index contributed by atoms with van der Waals surface area (Å²) in [6.45, 7) is 4.82. The number of rotatable bonds is 71. The van der Waals surface area contributed by atoms with Crippen LogP contribution in [0.4, 0.5) is 0 Å². The third-order valence-corrected chi connectivity index (χ3v) is 17.2. The van der Waals surface area contributed by atoms with Gasteiger partial charge in [-0.1, -0.05) is 353 Å². The van der Waals surface area contributed by atoms with E-state index in [1.54, 1.807) is 0 Å². The average molecular weight is 1200 g/mol. The van der Waals surface area contributed by atoms with Crippen LogP contribution in [0.2, 0.25) is 0 Å². The molecular formula is C76H145NO8. The van der Waals surface area contributed by atoms with Crippen molar-refractivity contribution in [1.82, 2.24) is 0 Å². The Kier molecular flexibility index (Phi) is 65.9. The van der Waals surface area contributed by atoms with E-state index in [-0.39, 0.29) is 32.2 Å². The van der Waals surface area contributed by atoms with Crippen molar-refractivity contribution in [2.24, 2.45) is 0 Å². The van der Waals surface area contributed by atoms with Gasteiger partial charge in [-0.25, -0.2) is 0 Å². The molecule has 0 amide bonds. The Labute approximate surface area is 528 Å². The minimum absolute atomic E-state index is 0.152. The molecule has 9 nitrogen and oxygen atoms in total. The second-order valence-electron chi connectivity index (χ2n) is 27.0. The SMILES string of the molecule is CCCCCCC/C=C\C/C=C\CCCCCCCCCCCCCCCCCCCCCCCCCCCCCCCC(=O)OC(COC(=O)CCCCCCCCCCCCCCCCCCCCC)COC(OCC[N+](C)(C)C)C(=O)[O-]. The molecule has 85 heavy (non-hydrogen) atoms. The summed E-state index contributed by atoms with van der Waals surface area (Å²) in [6.07, 6.45) is 81.5. The summed E-state index contributed by atoms with van der Waals surface area (Å²) in [6, 6.07) is 0. The van der Waals surface area contributed by atoms with Gasteiger partial charge in [0.05, 0.1) is 40.3 Å². The number of carboxylic acid groups (broad SMARTS) is 1. The lowest BCUT2D eigenvalue weighted by molar-refractivity contribution is -0.870. The minimum Gasteiger partial charge on any atom is -0.545 e. The summed E-state index contributed by atoms with van der Waals surface area (Å²) in [5, 5.41) is 11.8. The number of aliphatic carboxylic acids is 1. The Balaban J connectivity index is 3.90. The van der Waals surface area contributed by atoms with Crippen LogP contribution in [0.25, 0.3) is 0 Å². The van der Waals surface area contributed by atoms with E-state index < -0.39 is 24.3 Å². The van der Waals surface area contributed by atoms with Crippen LogP contribution in [-0.2, 0) is 33.3 Å². The fourth-order valence-corrected chi connectivity index (χ4v) is 11.5. The van der Waals surface area contributed by atoms with E-state index in [1.807, 2.05) is 21.1 Å². The largest absolute Gasteiger partial charge is 0.545 e. The average Bonchev–Trinajstić information content (AvgIpc) is 3.49. The summed E-state index contributed by atoms with van der Waals surface area (Å²) in [5.41, 5.74) is 0. The molecule has 0 aliphatic heterocycles. The molecule has 0 N–H and O–H groups in total. The van der Waals surface area contributed by atoms with Gasteiger partial charge < -0.3 is 33.3 Å². The van der Waals surface area contributed by atoms with E-state index in [4.69, 9.17) is 18.9 Å². The van der Waals surface area contributed by atoms with E-state index in [0.29, 0.717) is 17.4 Å². The van der Waals surface area contributed by atoms with Gasteiger partial charge in [0.25, 0.3) is 0 Å². The number of unbranched alkanes of at least 4 members (excludes halogenated alkanes) is 52. The lowest BCUT2D eigenvalue weighted by Crippen LogP contribution is -2.44. The molecule has 0 spiro atoms. The molecule has 0 aromatic carbocycles. The Morgan fingerprint density at radius 1 is 0.353 bits per heavy atom. The monoisotopic (exact) mass is 1200 g/mol. The number of quaternary nitrogens is 1. The zero-order valence-electron chi connectivity index (χ0n) is 57.5. The highest BCUT2D eigenvalue weighted by molar-refractivity contribution is 5.70. The van der Waals surface area contributed by atoms with E-state index in [0.717, 1.165) is 44.9 Å². The fourth-order valence-electron chi connectivity index (χ4n) is 11.5. The number of hydrogen-bond donors (Lipinski definition) is 0. The van der Waals surface area contributed by atoms with Crippen LogP contribution < -0.4 is 5.11 Å². The highest BCUT2D eigenvalue weighted by Gasteiger charge is 2.22. The summed E-state index contributed by atoms with van der Waals surface area (Å²) >= 11 is 0. The predicted molar refractivity (Wildman–Crippen MR) is 362 cm³/mol. The lowest BCUT2D eigenvalue weighted by Gasteiger charge is -2.26. The van der Waals surface area contributed by atoms with Crippen LogP contribution >= 0.6 is 0 Å². The van der Waals surface area contributed by atoms with Gasteiger partial charge in [0.2, 0.25) is 0 Å². The zero-order valence-corrected chi connectivity index (χ0v) is 57.5. The van der Waals surface area contributed by atoms with Crippen LogP contribution in [-0.4, -0.2) is 82.3 Å². The molecule has 0 saturated heterocycles. The first kappa shape index (κ1) is 82.8. The van der Waals surface area contributed by atoms with Crippen LogP contribution in [0.5, 0.6) is 0 Å². The molecule has 0 radical (unpaired) electrons. The van der Waals surface area contributed by atoms with Crippen LogP contribution in [0.1, 0.15) is 386 Å². The summed E-state index contributed by atoms with van der Waals surface area (Å²) in [7, 11) is 5.95. The summed E-state index contributed by atoms with van der Waals surface area (Å²) in [4.78, 5) is 37.5. The van der Waals surface area contributed by atoms with Gasteiger partial charge in [0, 0.05) is 12.8 Å². The van der Waals surface area contributed by atoms with Gasteiger partial charge in [-0.2, -0.15) is 0 Å². The fraction of sp³-hybridized carbons (Fsp3) is 0.908. The van der Waals surface area contributed by atoms with Gasteiger partial charge in [-0.3, -0.25) is 9.59 Å². The van der Waals surface area contributed by atoms with Gasteiger partial charge in [0.1, 0.15) is 13.2 Å². The van der Waals surface area contributed by atoms with Crippen molar-refractivity contribution in [2.75, 3.05) is 47.5 Å². The number of ether oxygens (including phenoxy) is 4. The number of carboxylic acids is 1. The number of carbonyl (C=O) groups excluding carboxylic acids is 3. The van der Waals surface area contributed by atoms with Gasteiger partial charge >= 0.3 is 11.9 Å². The number of nitrogens with zero attached hydrogens (tertiary/aromatic N) is 1. The normalized spacial score (nSPS) is 12.7. The molecule has 0 aromatic heterocycles. The Hall–Kier alpha value is -2.23. The molecule has 2 unspecified atom stereocenters. The molecule has 0 rings (SSSR count). The van der Waals surface area contributed by atoms with Crippen molar-refractivity contribution in [2.45, 2.75) is 399 Å². The van der Waals surface area contributed by atoms with Gasteiger partial charge in [-0.05, 0) is 44.9 Å². The molecule has 502 valence electrons. The predicted octanol–water partition coefficient (Wildman–Crippen LogP) is 22.0. The number of carbonyl (C=O) groups is 3. The maximum atomic E-state index is 12.9. The molecule has 0 aliphatic carbocycles. The molecule has 0 bridgehead atoms. The van der Waals surface area contributed by atoms with E-state index in [1.165, 1.54) is 315 Å². The highest BCUT2D eigenvalue weighted by atomic mass is 16.7. The quantitative estimate of drug-likeness (QED) is 0.0195. The third kappa shape index (κ3) is 69.1. The molecule has 0 fully saturated rings. The molecule has 9 heteroatoms. The molecule has 0 heterocycles. The van der Waals surface area contributed by atoms with Crippen molar-refractivity contribution in [1.29, 1.82) is 0 Å². The van der Waals surface area contributed by atoms with E-state index >= 15 is 0 Å². The molecule has 0 aromatic rings. The van der Waals surface area contributed by atoms with Crippen molar-refractivity contribution in [3.8, 4) is 0 Å². The van der Waals surface area contributed by atoms with Crippen molar-refractivity contribution < 1.29 is 42.9 Å². The van der Waals surface area contributed by atoms with Gasteiger partial charge in [-0.15, -0.1) is 0 Å². The van der Waals surface area contributed by atoms with E-state index in [2.05, 4.69) is 38.2 Å². The standard InChI is InChI=1S/C76H145NO8/c1-6-8-10-12-14-16-18-20-22-24-26-27-28-29-30-31-32-33-34-35-36-37-38-39-40-41-42-43-44-45-46-47-49-51-53-55-57-59-61-63-65-67-74(79)85-72(71-84-76(75(80)81)82-69-68-77(3,4)5)70-83-73(78)66-64-62-60-58-56-54-52-50-48-25-23-21-19-17-15-13-11-9-7-2/h18,20,24,26,72,76H,6-17,19,21-23,25,27-71H2,1-5H3/b20-18-,26-24-. The first-order valence-electron chi connectivity index (χ1n) is 37.5. The molecule has 2 atom stereocenters. The van der Waals surface area contributed by atoms with Crippen LogP contribution in [0.15, 0.2) is 24.3 Å². The topological polar surface area (TPSA) is 111 Å². The van der Waals surface area contributed by atoms with Gasteiger partial charge in [0.15, 0.2) is 12.4 Å². The van der Waals surface area contributed by atoms with E-state index in [9.17, 15) is 19.5 Å². The van der Waals surface area contributed by atoms with Crippen molar-refractivity contribution in [3.05, 3.63) is 24.3 Å². The molecular weight excluding hydrogens is 1050 g/mol. The zero-order chi connectivity index (χ0) is 61.9. The minimum atomic E-state index is -1.62. The number of allylic oxidation sites excluding steroid dienone is 4. The van der Waals surface area contributed by atoms with Crippen LogP contribution in [0, 0.1) is 0 Å². The third-order valence-electron chi connectivity index (χ3n) is 17.2. The second-order valence-corrected chi connectivity index (χ2v) is 27.0. The Morgan fingerprint density at radius 3 is 0.929 bits per heavy atom. The Morgan fingerprint density at radius 2 is 0.635 bits per heavy atom. The molecule has 0 saturated carbocycles. The second kappa shape index (κ2) is 67.7. The first-order valence-corrected chi connectivity index (χ1v) is 37.5. The maximum absolute atomic E-state index is 12.9. The van der Waals surface area contributed by atoms with Crippen LogP contribution in [0.3, 0.4) is 0 Å².